The van der Waals surface area contributed by atoms with E-state index in [0.29, 0.717) is 25.9 Å². The monoisotopic (exact) mass is 416 g/mol. The fourth-order valence-corrected chi connectivity index (χ4v) is 5.51. The summed E-state index contributed by atoms with van der Waals surface area (Å²) in [6.07, 6.45) is 1.30. The molecule has 1 aliphatic carbocycles. The fraction of sp³-hybridized carbons (Fsp3) is 0.381. The van der Waals surface area contributed by atoms with Crippen molar-refractivity contribution in [1.29, 1.82) is 0 Å². The van der Waals surface area contributed by atoms with Gasteiger partial charge in [0.15, 0.2) is 0 Å². The molecule has 1 heterocycles. The van der Waals surface area contributed by atoms with Crippen LogP contribution < -0.4 is 9.46 Å². The molecule has 8 heteroatoms. The van der Waals surface area contributed by atoms with Crippen LogP contribution in [0.25, 0.3) is 0 Å². The molecule has 0 spiro atoms. The fourth-order valence-electron chi connectivity index (χ4n) is 3.92. The second kappa shape index (κ2) is 7.78. The lowest BCUT2D eigenvalue weighted by molar-refractivity contribution is -0.140. The maximum Gasteiger partial charge on any atom is 0.325 e. The highest BCUT2D eigenvalue weighted by Crippen LogP contribution is 2.52. The molecule has 2 fully saturated rings. The van der Waals surface area contributed by atoms with Crippen molar-refractivity contribution in [3.8, 4) is 5.75 Å². The number of hydrogen-bond acceptors (Lipinski definition) is 4. The highest BCUT2D eigenvalue weighted by molar-refractivity contribution is 7.87. The molecule has 7 nitrogen and oxygen atoms in total. The molecule has 154 valence electrons. The molecular formula is C21H24N2O5S. The molecule has 2 N–H and O–H groups in total. The number of ether oxygens (including phenoxy) is 1. The van der Waals surface area contributed by atoms with E-state index in [9.17, 15) is 18.3 Å². The van der Waals surface area contributed by atoms with E-state index < -0.39 is 21.7 Å². The number of nitrogens with zero attached hydrogens (tertiary/aromatic N) is 1. The number of rotatable bonds is 7. The summed E-state index contributed by atoms with van der Waals surface area (Å²) in [6.45, 7) is 0.580. The molecule has 1 saturated heterocycles. The molecule has 4 rings (SSSR count). The minimum atomic E-state index is -3.91. The van der Waals surface area contributed by atoms with Gasteiger partial charge >= 0.3 is 5.97 Å². The number of piperidine rings is 1. The first kappa shape index (κ1) is 19.9. The Morgan fingerprint density at radius 2 is 1.62 bits per heavy atom. The van der Waals surface area contributed by atoms with E-state index in [1.807, 2.05) is 60.7 Å². The standard InChI is InChI=1S/C21H24N2O5S/c24-20(25)21(15-19(21)16-7-3-1-4-8-16)22-29(26,27)23-13-11-18(12-14-23)28-17-9-5-2-6-10-17/h1-10,18-19,22H,11-15H2,(H,24,25)/t19-,21+/m0/s1. The van der Waals surface area contributed by atoms with Gasteiger partial charge in [-0.15, -0.1) is 0 Å². The Hall–Kier alpha value is -2.42. The van der Waals surface area contributed by atoms with Gasteiger partial charge in [-0.1, -0.05) is 48.5 Å². The second-order valence-corrected chi connectivity index (χ2v) is 9.25. The summed E-state index contributed by atoms with van der Waals surface area (Å²) in [6, 6.07) is 18.6. The quantitative estimate of drug-likeness (QED) is 0.723. The van der Waals surface area contributed by atoms with Crippen LogP contribution in [0.4, 0.5) is 0 Å². The molecule has 2 aliphatic rings. The highest BCUT2D eigenvalue weighted by atomic mass is 32.2. The summed E-state index contributed by atoms with van der Waals surface area (Å²) in [4.78, 5) is 11.9. The number of hydrogen-bond donors (Lipinski definition) is 2. The number of carboxylic acid groups (broad SMARTS) is 1. The van der Waals surface area contributed by atoms with Gasteiger partial charge in [-0.3, -0.25) is 4.79 Å². The summed E-state index contributed by atoms with van der Waals surface area (Å²) in [5.74, 6) is -0.743. The largest absolute Gasteiger partial charge is 0.490 e. The number of benzene rings is 2. The maximum absolute atomic E-state index is 12.9. The van der Waals surface area contributed by atoms with Gasteiger partial charge in [0.05, 0.1) is 0 Å². The van der Waals surface area contributed by atoms with Gasteiger partial charge in [0.2, 0.25) is 0 Å². The molecule has 0 aromatic heterocycles. The Balaban J connectivity index is 1.39. The normalized spacial score (nSPS) is 25.4. The molecule has 29 heavy (non-hydrogen) atoms. The zero-order valence-corrected chi connectivity index (χ0v) is 16.7. The van der Waals surface area contributed by atoms with E-state index in [-0.39, 0.29) is 18.4 Å². The third-order valence-corrected chi connectivity index (χ3v) is 7.31. The average Bonchev–Trinajstić information content (AvgIpc) is 3.45. The lowest BCUT2D eigenvalue weighted by atomic mass is 10.1. The minimum absolute atomic E-state index is 0.0599. The van der Waals surface area contributed by atoms with Crippen LogP contribution in [0.3, 0.4) is 0 Å². The number of nitrogens with one attached hydrogen (secondary N) is 1. The van der Waals surface area contributed by atoms with E-state index in [2.05, 4.69) is 4.72 Å². The van der Waals surface area contributed by atoms with Crippen LogP contribution in [-0.2, 0) is 15.0 Å². The number of carboxylic acids is 1. The molecule has 1 aliphatic heterocycles. The minimum Gasteiger partial charge on any atom is -0.490 e. The highest BCUT2D eigenvalue weighted by Gasteiger charge is 2.63. The molecule has 2 atom stereocenters. The van der Waals surface area contributed by atoms with Crippen LogP contribution in [0.5, 0.6) is 5.75 Å². The van der Waals surface area contributed by atoms with Crippen LogP contribution in [0.1, 0.15) is 30.7 Å². The Labute approximate surface area is 170 Å². The maximum atomic E-state index is 12.9. The van der Waals surface area contributed by atoms with Crippen LogP contribution in [0.15, 0.2) is 60.7 Å². The van der Waals surface area contributed by atoms with Gasteiger partial charge in [0, 0.05) is 19.0 Å². The predicted octanol–water partition coefficient (Wildman–Crippen LogP) is 2.38. The SMILES string of the molecule is O=C(O)[C@@]1(NS(=O)(=O)N2CCC(Oc3ccccc3)CC2)C[C@H]1c1ccccc1. The molecule has 1 saturated carbocycles. The van der Waals surface area contributed by atoms with Gasteiger partial charge < -0.3 is 9.84 Å². The third-order valence-electron chi connectivity index (χ3n) is 5.64. The topological polar surface area (TPSA) is 95.9 Å². The predicted molar refractivity (Wildman–Crippen MR) is 108 cm³/mol. The molecule has 2 aromatic carbocycles. The van der Waals surface area contributed by atoms with E-state index in [4.69, 9.17) is 4.74 Å². The Bertz CT molecular complexity index is 959. The Kier molecular flexibility index (Phi) is 5.33. The number of carbonyl (C=O) groups is 1. The van der Waals surface area contributed by atoms with Gasteiger partial charge in [-0.05, 0) is 37.0 Å². The Morgan fingerprint density at radius 3 is 2.21 bits per heavy atom. The van der Waals surface area contributed by atoms with E-state index >= 15 is 0 Å². The molecular weight excluding hydrogens is 392 g/mol. The third kappa shape index (κ3) is 4.14. The first-order valence-electron chi connectivity index (χ1n) is 9.70. The van der Waals surface area contributed by atoms with Crippen molar-refractivity contribution < 1.29 is 23.1 Å². The van der Waals surface area contributed by atoms with Crippen molar-refractivity contribution in [2.45, 2.75) is 36.8 Å². The average molecular weight is 416 g/mol. The lowest BCUT2D eigenvalue weighted by Crippen LogP contribution is -2.53. The van der Waals surface area contributed by atoms with E-state index in [1.54, 1.807) is 0 Å². The first-order valence-corrected chi connectivity index (χ1v) is 11.1. The van der Waals surface area contributed by atoms with Crippen molar-refractivity contribution >= 4 is 16.2 Å². The van der Waals surface area contributed by atoms with Gasteiger partial charge in [-0.25, -0.2) is 0 Å². The van der Waals surface area contributed by atoms with Crippen LogP contribution in [0.2, 0.25) is 0 Å². The first-order chi connectivity index (χ1) is 13.9. The molecule has 2 aromatic rings. The summed E-state index contributed by atoms with van der Waals surface area (Å²) >= 11 is 0. The van der Waals surface area contributed by atoms with Crippen LogP contribution >= 0.6 is 0 Å². The number of aliphatic carboxylic acids is 1. The van der Waals surface area contributed by atoms with Crippen molar-refractivity contribution in [3.05, 3.63) is 66.2 Å². The Morgan fingerprint density at radius 1 is 1.03 bits per heavy atom. The summed E-state index contributed by atoms with van der Waals surface area (Å²) in [5.41, 5.74) is -0.648. The van der Waals surface area contributed by atoms with Gasteiger partial charge in [0.1, 0.15) is 17.4 Å². The molecule has 0 radical (unpaired) electrons. The zero-order valence-electron chi connectivity index (χ0n) is 15.9. The van der Waals surface area contributed by atoms with Crippen molar-refractivity contribution in [2.24, 2.45) is 0 Å². The van der Waals surface area contributed by atoms with Gasteiger partial charge in [0.25, 0.3) is 10.2 Å². The molecule has 0 unspecified atom stereocenters. The molecule has 0 amide bonds. The van der Waals surface area contributed by atoms with Crippen LogP contribution in [0, 0.1) is 0 Å². The van der Waals surface area contributed by atoms with Crippen molar-refractivity contribution in [2.75, 3.05) is 13.1 Å². The smallest absolute Gasteiger partial charge is 0.325 e. The summed E-state index contributed by atoms with van der Waals surface area (Å²) in [5, 5.41) is 9.74. The van der Waals surface area contributed by atoms with Crippen molar-refractivity contribution in [3.63, 3.8) is 0 Å². The lowest BCUT2D eigenvalue weighted by Gasteiger charge is -2.32. The van der Waals surface area contributed by atoms with Crippen LogP contribution in [-0.4, -0.2) is 48.5 Å². The van der Waals surface area contributed by atoms with Crippen molar-refractivity contribution in [1.82, 2.24) is 9.03 Å². The van der Waals surface area contributed by atoms with Gasteiger partial charge in [-0.2, -0.15) is 17.4 Å². The van der Waals surface area contributed by atoms with E-state index in [1.165, 1.54) is 4.31 Å². The van der Waals surface area contributed by atoms with E-state index in [0.717, 1.165) is 11.3 Å². The summed E-state index contributed by atoms with van der Waals surface area (Å²) < 4.78 is 35.5. The summed E-state index contributed by atoms with van der Waals surface area (Å²) in [7, 11) is -3.91. The zero-order chi connectivity index (χ0) is 20.5. The second-order valence-electron chi connectivity index (χ2n) is 7.58. The number of para-hydroxylation sites is 1. The molecule has 0 bridgehead atoms.